The molecule has 6 heteroatoms. The normalized spacial score (nSPS) is 20.5. The summed E-state index contributed by atoms with van der Waals surface area (Å²) in [4.78, 5) is 14.8. The second kappa shape index (κ2) is 6.80. The molecule has 0 bridgehead atoms. The zero-order valence-electron chi connectivity index (χ0n) is 14.1. The smallest absolute Gasteiger partial charge is 0.231 e. The summed E-state index contributed by atoms with van der Waals surface area (Å²) in [6, 6.07) is 9.60. The van der Waals surface area contributed by atoms with Crippen molar-refractivity contribution >= 4 is 5.91 Å². The maximum absolute atomic E-state index is 12.9. The number of carbonyl (C=O) groups excluding carboxylic acids is 1. The predicted octanol–water partition coefficient (Wildman–Crippen LogP) is 2.79. The molecule has 132 valence electrons. The van der Waals surface area contributed by atoms with E-state index in [9.17, 15) is 4.79 Å². The fraction of sp³-hybridized carbons (Fsp3) is 0.421. The largest absolute Gasteiger partial charge is 0.469 e. The Morgan fingerprint density at radius 3 is 2.96 bits per heavy atom. The van der Waals surface area contributed by atoms with Crippen LogP contribution in [0.3, 0.4) is 0 Å². The summed E-state index contributed by atoms with van der Waals surface area (Å²) in [6.45, 7) is 1.85. The van der Waals surface area contributed by atoms with Crippen molar-refractivity contribution in [3.63, 3.8) is 0 Å². The first-order chi connectivity index (χ1) is 12.3. The summed E-state index contributed by atoms with van der Waals surface area (Å²) in [5.41, 5.74) is 1.02. The highest BCUT2D eigenvalue weighted by molar-refractivity contribution is 5.82. The van der Waals surface area contributed by atoms with Crippen LogP contribution < -0.4 is 9.47 Å². The van der Waals surface area contributed by atoms with E-state index in [0.717, 1.165) is 29.2 Å². The van der Waals surface area contributed by atoms with E-state index in [2.05, 4.69) is 0 Å². The molecular formula is C19H21NO5. The third kappa shape index (κ3) is 3.35. The van der Waals surface area contributed by atoms with Crippen molar-refractivity contribution in [1.82, 2.24) is 4.90 Å². The topological polar surface area (TPSA) is 61.1 Å². The maximum atomic E-state index is 12.9. The van der Waals surface area contributed by atoms with Crippen LogP contribution in [0.2, 0.25) is 0 Å². The molecule has 0 N–H and O–H groups in total. The zero-order valence-corrected chi connectivity index (χ0v) is 14.1. The van der Waals surface area contributed by atoms with Gasteiger partial charge in [-0.05, 0) is 36.2 Å². The Labute approximate surface area is 146 Å². The van der Waals surface area contributed by atoms with Crippen molar-refractivity contribution < 1.29 is 23.4 Å². The van der Waals surface area contributed by atoms with Crippen LogP contribution in [-0.2, 0) is 16.1 Å². The summed E-state index contributed by atoms with van der Waals surface area (Å²) in [7, 11) is 1.64. The van der Waals surface area contributed by atoms with Gasteiger partial charge in [0.2, 0.25) is 12.7 Å². The van der Waals surface area contributed by atoms with E-state index in [1.54, 1.807) is 13.4 Å². The third-order valence-electron chi connectivity index (χ3n) is 4.70. The average molecular weight is 343 g/mol. The molecule has 2 aromatic rings. The first-order valence-electron chi connectivity index (χ1n) is 8.46. The summed E-state index contributed by atoms with van der Waals surface area (Å²) >= 11 is 0. The van der Waals surface area contributed by atoms with Crippen molar-refractivity contribution in [3.8, 4) is 11.5 Å². The monoisotopic (exact) mass is 343 g/mol. The molecule has 1 amide bonds. The van der Waals surface area contributed by atoms with Gasteiger partial charge in [0.05, 0.1) is 12.9 Å². The van der Waals surface area contributed by atoms with Gasteiger partial charge in [0, 0.05) is 32.0 Å². The number of fused-ring (bicyclic) bond motifs is 1. The lowest BCUT2D eigenvalue weighted by atomic mass is 10.1. The number of ether oxygens (including phenoxy) is 3. The molecule has 2 atom stereocenters. The van der Waals surface area contributed by atoms with E-state index in [-0.39, 0.29) is 24.5 Å². The Balaban J connectivity index is 1.45. The molecule has 0 spiro atoms. The Bertz CT molecular complexity index is 742. The second-order valence-electron chi connectivity index (χ2n) is 6.40. The predicted molar refractivity (Wildman–Crippen MR) is 89.4 cm³/mol. The number of hydrogen-bond acceptors (Lipinski definition) is 5. The first-order valence-corrected chi connectivity index (χ1v) is 8.46. The van der Waals surface area contributed by atoms with E-state index < -0.39 is 0 Å². The molecule has 6 nitrogen and oxygen atoms in total. The Kier molecular flexibility index (Phi) is 4.36. The fourth-order valence-corrected chi connectivity index (χ4v) is 3.25. The van der Waals surface area contributed by atoms with Gasteiger partial charge >= 0.3 is 0 Å². The number of rotatable bonds is 7. The van der Waals surface area contributed by atoms with E-state index in [1.165, 1.54) is 0 Å². The summed E-state index contributed by atoms with van der Waals surface area (Å²) in [6.07, 6.45) is 2.50. The molecular weight excluding hydrogens is 322 g/mol. The fourth-order valence-electron chi connectivity index (χ4n) is 3.25. The van der Waals surface area contributed by atoms with Crippen molar-refractivity contribution in [2.24, 2.45) is 5.92 Å². The van der Waals surface area contributed by atoms with Crippen LogP contribution in [0.5, 0.6) is 11.5 Å². The van der Waals surface area contributed by atoms with Gasteiger partial charge in [-0.15, -0.1) is 0 Å². The van der Waals surface area contributed by atoms with Gasteiger partial charge in [-0.2, -0.15) is 0 Å². The number of amides is 1. The molecule has 0 radical (unpaired) electrons. The van der Waals surface area contributed by atoms with Gasteiger partial charge in [-0.1, -0.05) is 6.07 Å². The van der Waals surface area contributed by atoms with Gasteiger partial charge in [0.15, 0.2) is 11.5 Å². The highest BCUT2D eigenvalue weighted by Crippen LogP contribution is 2.48. The van der Waals surface area contributed by atoms with Gasteiger partial charge in [-0.3, -0.25) is 4.79 Å². The average Bonchev–Trinajstić information content (AvgIpc) is 3.03. The van der Waals surface area contributed by atoms with Crippen LogP contribution >= 0.6 is 0 Å². The molecule has 4 rings (SSSR count). The Morgan fingerprint density at radius 2 is 2.16 bits per heavy atom. The molecule has 1 aromatic heterocycles. The van der Waals surface area contributed by atoms with E-state index >= 15 is 0 Å². The lowest BCUT2D eigenvalue weighted by molar-refractivity contribution is -0.134. The highest BCUT2D eigenvalue weighted by atomic mass is 16.7. The molecule has 1 fully saturated rings. The number of nitrogens with zero attached hydrogens (tertiary/aromatic N) is 1. The summed E-state index contributed by atoms with van der Waals surface area (Å²) in [5, 5.41) is 0. The SMILES string of the molecule is COCCN(Cc1ccc2c(c1)OCO2)C(=O)[C@@H]1C[C@@H]1c1ccco1. The summed E-state index contributed by atoms with van der Waals surface area (Å²) in [5.74, 6) is 2.72. The van der Waals surface area contributed by atoms with Crippen LogP contribution in [0.15, 0.2) is 41.0 Å². The third-order valence-corrected chi connectivity index (χ3v) is 4.70. The molecule has 25 heavy (non-hydrogen) atoms. The van der Waals surface area contributed by atoms with Crippen LogP contribution in [0.4, 0.5) is 0 Å². The number of carbonyl (C=O) groups is 1. The van der Waals surface area contributed by atoms with Crippen LogP contribution in [0, 0.1) is 5.92 Å². The van der Waals surface area contributed by atoms with Crippen molar-refractivity contribution in [2.45, 2.75) is 18.9 Å². The minimum Gasteiger partial charge on any atom is -0.469 e. The quantitative estimate of drug-likeness (QED) is 0.774. The minimum atomic E-state index is -0.00276. The van der Waals surface area contributed by atoms with Crippen molar-refractivity contribution in [3.05, 3.63) is 47.9 Å². The minimum absolute atomic E-state index is 0.00276. The second-order valence-corrected chi connectivity index (χ2v) is 6.40. The number of methoxy groups -OCH3 is 1. The first kappa shape index (κ1) is 16.0. The molecule has 1 aromatic carbocycles. The number of hydrogen-bond donors (Lipinski definition) is 0. The maximum Gasteiger partial charge on any atom is 0.231 e. The van der Waals surface area contributed by atoms with E-state index in [0.29, 0.717) is 19.7 Å². The van der Waals surface area contributed by atoms with Crippen LogP contribution in [0.1, 0.15) is 23.7 Å². The van der Waals surface area contributed by atoms with Crippen LogP contribution in [-0.4, -0.2) is 37.9 Å². The molecule has 1 aliphatic heterocycles. The lowest BCUT2D eigenvalue weighted by Crippen LogP contribution is -2.34. The number of benzene rings is 1. The molecule has 0 saturated heterocycles. The molecule has 0 unspecified atom stereocenters. The van der Waals surface area contributed by atoms with Gasteiger partial charge < -0.3 is 23.5 Å². The standard InChI is InChI=1S/C19H21NO5/c1-22-8-6-20(11-13-4-5-17-18(9-13)25-12-24-17)19(21)15-10-14(15)16-3-2-7-23-16/h2-5,7,9,14-15H,6,8,10-12H2,1H3/t14-,15+/m0/s1. The molecule has 1 aliphatic carbocycles. The summed E-state index contributed by atoms with van der Waals surface area (Å²) < 4.78 is 21.4. The van der Waals surface area contributed by atoms with E-state index in [1.807, 2.05) is 35.2 Å². The van der Waals surface area contributed by atoms with Gasteiger partial charge in [-0.25, -0.2) is 0 Å². The molecule has 2 aliphatic rings. The van der Waals surface area contributed by atoms with Gasteiger partial charge in [0.25, 0.3) is 0 Å². The zero-order chi connectivity index (χ0) is 17.2. The van der Waals surface area contributed by atoms with Crippen molar-refractivity contribution in [1.29, 1.82) is 0 Å². The lowest BCUT2D eigenvalue weighted by Gasteiger charge is -2.23. The van der Waals surface area contributed by atoms with E-state index in [4.69, 9.17) is 18.6 Å². The van der Waals surface area contributed by atoms with Gasteiger partial charge in [0.1, 0.15) is 5.76 Å². The molecule has 1 saturated carbocycles. The molecule has 2 heterocycles. The Hall–Kier alpha value is -2.47. The Morgan fingerprint density at radius 1 is 1.28 bits per heavy atom. The van der Waals surface area contributed by atoms with Crippen molar-refractivity contribution in [2.75, 3.05) is 27.1 Å². The highest BCUT2D eigenvalue weighted by Gasteiger charge is 2.47. The number of furan rings is 1. The van der Waals surface area contributed by atoms with Crippen LogP contribution in [0.25, 0.3) is 0 Å².